The van der Waals surface area contributed by atoms with Gasteiger partial charge in [0.25, 0.3) is 0 Å². The SMILES string of the molecule is Cc1cncc(C(=CC=Cc2ccc3c(c2)C2CCCC2N3c2ccc(C=C(c3ccccc3)c3ccc(Cc4ccccc4)cc3)cc2)c2cncc(C)c2)c1. The number of fused-ring (bicyclic) bond motifs is 3. The van der Waals surface area contributed by atoms with Crippen LogP contribution in [0.5, 0.6) is 0 Å². The minimum atomic E-state index is 0.490. The minimum Gasteiger partial charge on any atom is -0.338 e. The van der Waals surface area contributed by atoms with E-state index in [-0.39, 0.29) is 0 Å². The van der Waals surface area contributed by atoms with E-state index < -0.39 is 0 Å². The van der Waals surface area contributed by atoms with Crippen LogP contribution < -0.4 is 4.90 Å². The Morgan fingerprint density at radius 3 is 1.91 bits per heavy atom. The highest BCUT2D eigenvalue weighted by Crippen LogP contribution is 2.52. The zero-order valence-corrected chi connectivity index (χ0v) is 32.7. The molecule has 1 aliphatic carbocycles. The molecule has 5 aromatic carbocycles. The molecular formula is C54H47N3. The maximum atomic E-state index is 4.48. The van der Waals surface area contributed by atoms with Gasteiger partial charge in [-0.05, 0) is 137 Å². The second-order valence-electron chi connectivity index (χ2n) is 15.6. The third kappa shape index (κ3) is 7.92. The van der Waals surface area contributed by atoms with Gasteiger partial charge < -0.3 is 4.90 Å². The Morgan fingerprint density at radius 2 is 1.23 bits per heavy atom. The number of hydrogen-bond donors (Lipinski definition) is 0. The quantitative estimate of drug-likeness (QED) is 0.103. The summed E-state index contributed by atoms with van der Waals surface area (Å²) in [7, 11) is 0. The van der Waals surface area contributed by atoms with Crippen LogP contribution in [0.4, 0.5) is 11.4 Å². The Balaban J connectivity index is 0.984. The highest BCUT2D eigenvalue weighted by atomic mass is 15.2. The fraction of sp³-hybridized carbons (Fsp3) is 0.148. The Kier molecular flexibility index (Phi) is 10.3. The van der Waals surface area contributed by atoms with Crippen molar-refractivity contribution in [2.24, 2.45) is 0 Å². The Morgan fingerprint density at radius 1 is 0.596 bits per heavy atom. The highest BCUT2D eigenvalue weighted by molar-refractivity contribution is 5.92. The summed E-state index contributed by atoms with van der Waals surface area (Å²) in [6, 6.07) is 51.7. The molecule has 0 saturated heterocycles. The summed E-state index contributed by atoms with van der Waals surface area (Å²) in [5.74, 6) is 0.547. The largest absolute Gasteiger partial charge is 0.338 e. The van der Waals surface area contributed by atoms with Crippen LogP contribution in [0.2, 0.25) is 0 Å². The van der Waals surface area contributed by atoms with E-state index in [4.69, 9.17) is 0 Å². The van der Waals surface area contributed by atoms with Gasteiger partial charge in [-0.2, -0.15) is 0 Å². The van der Waals surface area contributed by atoms with E-state index in [2.05, 4.69) is 193 Å². The smallest absolute Gasteiger partial charge is 0.0450 e. The molecule has 3 heteroatoms. The minimum absolute atomic E-state index is 0.490. The molecule has 3 nitrogen and oxygen atoms in total. The van der Waals surface area contributed by atoms with Crippen molar-refractivity contribution in [1.82, 2.24) is 9.97 Å². The van der Waals surface area contributed by atoms with Gasteiger partial charge in [0.05, 0.1) is 0 Å². The van der Waals surface area contributed by atoms with E-state index in [1.807, 2.05) is 24.8 Å². The van der Waals surface area contributed by atoms with Crippen LogP contribution in [0.1, 0.15) is 86.4 Å². The van der Waals surface area contributed by atoms with Crippen molar-refractivity contribution in [3.8, 4) is 0 Å². The molecule has 0 radical (unpaired) electrons. The molecule has 3 heterocycles. The molecule has 2 unspecified atom stereocenters. The van der Waals surface area contributed by atoms with Crippen LogP contribution in [0.15, 0.2) is 176 Å². The van der Waals surface area contributed by atoms with Crippen molar-refractivity contribution in [2.45, 2.75) is 51.5 Å². The number of aryl methyl sites for hydroxylation is 2. The molecule has 1 fully saturated rings. The van der Waals surface area contributed by atoms with Gasteiger partial charge in [-0.15, -0.1) is 0 Å². The maximum Gasteiger partial charge on any atom is 0.0450 e. The standard InChI is InChI=1S/C54H47N3/c1-38-29-46(36-55-34-38)49(47-30-39(2)35-56-37-47)16-9-13-41-23-28-54-52(33-41)50-17-10-18-53(50)57(54)48-26-21-43(22-27-48)32-51(44-14-7-4-8-15-44)45-24-19-42(20-25-45)31-40-11-5-3-6-12-40/h3-9,11-16,19-30,32-37,50,53H,10,17-18,31H2,1-2H3. The zero-order valence-electron chi connectivity index (χ0n) is 32.7. The van der Waals surface area contributed by atoms with Crippen molar-refractivity contribution in [2.75, 3.05) is 4.90 Å². The second-order valence-corrected chi connectivity index (χ2v) is 15.6. The van der Waals surface area contributed by atoms with Crippen LogP contribution >= 0.6 is 0 Å². The molecular weight excluding hydrogens is 691 g/mol. The molecule has 0 N–H and O–H groups in total. The third-order valence-corrected chi connectivity index (χ3v) is 11.5. The number of aromatic nitrogens is 2. The van der Waals surface area contributed by atoms with Gasteiger partial charge in [0.15, 0.2) is 0 Å². The number of benzene rings is 5. The van der Waals surface area contributed by atoms with Crippen molar-refractivity contribution in [1.29, 1.82) is 0 Å². The lowest BCUT2D eigenvalue weighted by Crippen LogP contribution is -2.26. The molecule has 0 bridgehead atoms. The molecule has 2 atom stereocenters. The summed E-state index contributed by atoms with van der Waals surface area (Å²) in [4.78, 5) is 11.6. The van der Waals surface area contributed by atoms with E-state index >= 15 is 0 Å². The molecule has 1 aliphatic heterocycles. The number of nitrogens with zero attached hydrogens (tertiary/aromatic N) is 3. The number of allylic oxidation sites excluding steroid dienone is 2. The lowest BCUT2D eigenvalue weighted by molar-refractivity contribution is 0.642. The molecule has 2 aromatic heterocycles. The first kappa shape index (κ1) is 36.1. The number of pyridine rings is 2. The van der Waals surface area contributed by atoms with E-state index in [0.717, 1.165) is 34.2 Å². The van der Waals surface area contributed by atoms with E-state index in [1.165, 1.54) is 75.2 Å². The summed E-state index contributed by atoms with van der Waals surface area (Å²) in [6.45, 7) is 4.17. The van der Waals surface area contributed by atoms with Crippen molar-refractivity contribution < 1.29 is 0 Å². The van der Waals surface area contributed by atoms with Gasteiger partial charge in [0.2, 0.25) is 0 Å². The molecule has 57 heavy (non-hydrogen) atoms. The number of rotatable bonds is 10. The first-order valence-corrected chi connectivity index (χ1v) is 20.2. The average molecular weight is 738 g/mol. The van der Waals surface area contributed by atoms with Gasteiger partial charge in [0, 0.05) is 59.2 Å². The maximum absolute atomic E-state index is 4.48. The highest BCUT2D eigenvalue weighted by Gasteiger charge is 2.42. The Bertz CT molecular complexity index is 2530. The second kappa shape index (κ2) is 16.3. The van der Waals surface area contributed by atoms with Crippen LogP contribution in [0.25, 0.3) is 23.3 Å². The molecule has 0 spiro atoms. The molecule has 278 valence electrons. The van der Waals surface area contributed by atoms with Gasteiger partial charge in [-0.25, -0.2) is 0 Å². The lowest BCUT2D eigenvalue weighted by atomic mass is 9.94. The summed E-state index contributed by atoms with van der Waals surface area (Å²) >= 11 is 0. The molecule has 1 saturated carbocycles. The summed E-state index contributed by atoms with van der Waals surface area (Å²) in [5, 5.41) is 0. The molecule has 2 aliphatic rings. The van der Waals surface area contributed by atoms with Crippen LogP contribution in [-0.2, 0) is 6.42 Å². The fourth-order valence-electron chi connectivity index (χ4n) is 8.82. The van der Waals surface area contributed by atoms with E-state index in [0.29, 0.717) is 12.0 Å². The van der Waals surface area contributed by atoms with Crippen LogP contribution in [0, 0.1) is 13.8 Å². The first-order chi connectivity index (χ1) is 28.1. The average Bonchev–Trinajstić information content (AvgIpc) is 3.84. The van der Waals surface area contributed by atoms with Crippen molar-refractivity contribution >= 4 is 34.7 Å². The first-order valence-electron chi connectivity index (χ1n) is 20.2. The molecule has 0 amide bonds. The fourth-order valence-corrected chi connectivity index (χ4v) is 8.82. The third-order valence-electron chi connectivity index (χ3n) is 11.5. The van der Waals surface area contributed by atoms with Crippen molar-refractivity contribution in [3.05, 3.63) is 238 Å². The Hall–Kier alpha value is -6.58. The van der Waals surface area contributed by atoms with Gasteiger partial charge in [-0.1, -0.05) is 128 Å². The van der Waals surface area contributed by atoms with Gasteiger partial charge >= 0.3 is 0 Å². The predicted molar refractivity (Wildman–Crippen MR) is 239 cm³/mol. The molecule has 7 aromatic rings. The number of hydrogen-bond acceptors (Lipinski definition) is 3. The van der Waals surface area contributed by atoms with Gasteiger partial charge in [-0.3, -0.25) is 9.97 Å². The monoisotopic (exact) mass is 737 g/mol. The van der Waals surface area contributed by atoms with Gasteiger partial charge in [0.1, 0.15) is 0 Å². The normalized spacial score (nSPS) is 16.1. The number of anilines is 2. The topological polar surface area (TPSA) is 29.0 Å². The summed E-state index contributed by atoms with van der Waals surface area (Å²) in [5.41, 5.74) is 18.4. The zero-order chi connectivity index (χ0) is 38.6. The predicted octanol–water partition coefficient (Wildman–Crippen LogP) is 13.2. The van der Waals surface area contributed by atoms with E-state index in [9.17, 15) is 0 Å². The van der Waals surface area contributed by atoms with Crippen LogP contribution in [0.3, 0.4) is 0 Å². The van der Waals surface area contributed by atoms with Crippen molar-refractivity contribution in [3.63, 3.8) is 0 Å². The van der Waals surface area contributed by atoms with Crippen LogP contribution in [-0.4, -0.2) is 16.0 Å². The summed E-state index contributed by atoms with van der Waals surface area (Å²) in [6.07, 6.45) is 21.3. The molecule has 9 rings (SSSR count). The Labute approximate surface area is 337 Å². The summed E-state index contributed by atoms with van der Waals surface area (Å²) < 4.78 is 0. The lowest BCUT2D eigenvalue weighted by Gasteiger charge is -2.27. The van der Waals surface area contributed by atoms with E-state index in [1.54, 1.807) is 0 Å².